The van der Waals surface area contributed by atoms with Crippen LogP contribution in [0, 0.1) is 5.82 Å². The van der Waals surface area contributed by atoms with Crippen molar-refractivity contribution in [2.45, 2.75) is 10.1 Å². The molecule has 1 saturated heterocycles. The third-order valence-electron chi connectivity index (χ3n) is 2.73. The number of hydrogen-bond donors (Lipinski definition) is 2. The minimum Gasteiger partial charge on any atom is -0.398 e. The summed E-state index contributed by atoms with van der Waals surface area (Å²) < 4.78 is 40.3. The van der Waals surface area contributed by atoms with Gasteiger partial charge >= 0.3 is 0 Å². The quantitative estimate of drug-likeness (QED) is 0.758. The standard InChI is InChI=1S/C11H14BrFN2O2S3/c12-8-3-11(10(14)4-9(8)13)20(16,17)15-5-7-6-18-1-2-19-7/h3-4,7,15H,1-2,5-6,14H2. The van der Waals surface area contributed by atoms with Crippen LogP contribution in [0.25, 0.3) is 0 Å². The molecule has 0 saturated carbocycles. The number of halogens is 2. The lowest BCUT2D eigenvalue weighted by atomic mass is 10.3. The maximum atomic E-state index is 13.3. The van der Waals surface area contributed by atoms with Crippen molar-refractivity contribution >= 4 is 55.2 Å². The third-order valence-corrected chi connectivity index (χ3v) is 7.66. The zero-order valence-electron chi connectivity index (χ0n) is 10.4. The maximum absolute atomic E-state index is 13.3. The lowest BCUT2D eigenvalue weighted by Gasteiger charge is -2.21. The Hall–Kier alpha value is 0.0400. The largest absolute Gasteiger partial charge is 0.398 e. The first-order valence-electron chi connectivity index (χ1n) is 5.83. The van der Waals surface area contributed by atoms with Gasteiger partial charge in [-0.25, -0.2) is 17.5 Å². The molecule has 1 fully saturated rings. The van der Waals surface area contributed by atoms with Crippen LogP contribution in [0.15, 0.2) is 21.5 Å². The van der Waals surface area contributed by atoms with Gasteiger partial charge in [-0.3, -0.25) is 0 Å². The number of benzene rings is 1. The topological polar surface area (TPSA) is 72.2 Å². The van der Waals surface area contributed by atoms with Crippen molar-refractivity contribution in [2.24, 2.45) is 0 Å². The molecule has 4 nitrogen and oxygen atoms in total. The third kappa shape index (κ3) is 4.03. The number of rotatable bonds is 4. The number of nitrogens with one attached hydrogen (secondary N) is 1. The van der Waals surface area contributed by atoms with E-state index in [0.717, 1.165) is 23.3 Å². The summed E-state index contributed by atoms with van der Waals surface area (Å²) in [5.74, 6) is 2.48. The first-order chi connectivity index (χ1) is 9.40. The number of anilines is 1. The second-order valence-corrected chi connectivity index (χ2v) is 9.37. The van der Waals surface area contributed by atoms with Gasteiger partial charge in [0.25, 0.3) is 0 Å². The van der Waals surface area contributed by atoms with Gasteiger partial charge in [-0.15, -0.1) is 0 Å². The normalized spacial score (nSPS) is 20.0. The smallest absolute Gasteiger partial charge is 0.242 e. The summed E-state index contributed by atoms with van der Waals surface area (Å²) in [5.41, 5.74) is 5.50. The van der Waals surface area contributed by atoms with Gasteiger partial charge in [-0.1, -0.05) is 0 Å². The predicted molar refractivity (Wildman–Crippen MR) is 87.3 cm³/mol. The minimum atomic E-state index is -3.72. The summed E-state index contributed by atoms with van der Waals surface area (Å²) in [6, 6.07) is 2.19. The van der Waals surface area contributed by atoms with Gasteiger partial charge in [0.15, 0.2) is 0 Å². The van der Waals surface area contributed by atoms with E-state index in [2.05, 4.69) is 20.7 Å². The van der Waals surface area contributed by atoms with Crippen LogP contribution in [0.3, 0.4) is 0 Å². The fraction of sp³-hybridized carbons (Fsp3) is 0.455. The van der Waals surface area contributed by atoms with Crippen molar-refractivity contribution in [1.82, 2.24) is 4.72 Å². The number of nitrogen functional groups attached to an aromatic ring is 1. The molecule has 2 rings (SSSR count). The summed E-state index contributed by atoms with van der Waals surface area (Å²) >= 11 is 6.55. The van der Waals surface area contributed by atoms with Crippen molar-refractivity contribution in [2.75, 3.05) is 29.5 Å². The Kier molecular flexibility index (Phi) is 5.63. The molecule has 0 amide bonds. The van der Waals surface area contributed by atoms with E-state index in [-0.39, 0.29) is 20.3 Å². The van der Waals surface area contributed by atoms with Crippen LogP contribution in [0.4, 0.5) is 10.1 Å². The van der Waals surface area contributed by atoms with Gasteiger partial charge in [0, 0.05) is 29.1 Å². The molecule has 0 aliphatic carbocycles. The molecule has 1 aliphatic heterocycles. The Morgan fingerprint density at radius 1 is 1.45 bits per heavy atom. The number of thioether (sulfide) groups is 2. The first kappa shape index (κ1) is 16.4. The van der Waals surface area contributed by atoms with Gasteiger partial charge < -0.3 is 5.73 Å². The molecule has 1 aliphatic rings. The lowest BCUT2D eigenvalue weighted by Crippen LogP contribution is -2.33. The summed E-state index contributed by atoms with van der Waals surface area (Å²) in [4.78, 5) is -0.0979. The average Bonchev–Trinajstić information content (AvgIpc) is 2.42. The molecule has 1 aromatic carbocycles. The van der Waals surface area contributed by atoms with E-state index < -0.39 is 15.8 Å². The van der Waals surface area contributed by atoms with E-state index in [1.54, 1.807) is 11.8 Å². The summed E-state index contributed by atoms with van der Waals surface area (Å²) in [7, 11) is -3.72. The molecule has 20 heavy (non-hydrogen) atoms. The van der Waals surface area contributed by atoms with E-state index in [0.29, 0.717) is 6.54 Å². The molecule has 0 radical (unpaired) electrons. The Labute approximate surface area is 134 Å². The van der Waals surface area contributed by atoms with Crippen LogP contribution < -0.4 is 10.5 Å². The maximum Gasteiger partial charge on any atom is 0.242 e. The molecule has 0 aromatic heterocycles. The van der Waals surface area contributed by atoms with Crippen LogP contribution in [-0.4, -0.2) is 37.5 Å². The highest BCUT2D eigenvalue weighted by Crippen LogP contribution is 2.27. The van der Waals surface area contributed by atoms with Crippen molar-refractivity contribution in [3.63, 3.8) is 0 Å². The molecular formula is C11H14BrFN2O2S3. The Morgan fingerprint density at radius 2 is 2.20 bits per heavy atom. The highest BCUT2D eigenvalue weighted by atomic mass is 79.9. The van der Waals surface area contributed by atoms with E-state index >= 15 is 0 Å². The molecule has 3 N–H and O–H groups in total. The predicted octanol–water partition coefficient (Wildman–Crippen LogP) is 2.30. The summed E-state index contributed by atoms with van der Waals surface area (Å²) in [6.07, 6.45) is 0. The number of nitrogens with two attached hydrogens (primary N) is 1. The van der Waals surface area contributed by atoms with E-state index in [1.807, 2.05) is 11.8 Å². The molecule has 1 unspecified atom stereocenters. The number of sulfonamides is 1. The zero-order valence-corrected chi connectivity index (χ0v) is 14.5. The Bertz CT molecular complexity index is 592. The van der Waals surface area contributed by atoms with Crippen LogP contribution in [0.5, 0.6) is 0 Å². The van der Waals surface area contributed by atoms with Gasteiger partial charge in [-0.2, -0.15) is 23.5 Å². The van der Waals surface area contributed by atoms with Crippen LogP contribution in [0.1, 0.15) is 0 Å². The average molecular weight is 401 g/mol. The van der Waals surface area contributed by atoms with Crippen LogP contribution in [-0.2, 0) is 10.0 Å². The van der Waals surface area contributed by atoms with Crippen molar-refractivity contribution in [3.05, 3.63) is 22.4 Å². The van der Waals surface area contributed by atoms with Crippen LogP contribution >= 0.6 is 39.5 Å². The van der Waals surface area contributed by atoms with E-state index in [9.17, 15) is 12.8 Å². The van der Waals surface area contributed by atoms with E-state index in [1.165, 1.54) is 6.07 Å². The molecule has 9 heteroatoms. The van der Waals surface area contributed by atoms with Crippen molar-refractivity contribution in [3.8, 4) is 0 Å². The highest BCUT2D eigenvalue weighted by molar-refractivity contribution is 9.10. The monoisotopic (exact) mass is 400 g/mol. The molecule has 1 aromatic rings. The van der Waals surface area contributed by atoms with Gasteiger partial charge in [0.05, 0.1) is 10.2 Å². The second kappa shape index (κ2) is 6.87. The fourth-order valence-corrected chi connectivity index (χ4v) is 6.14. The molecule has 112 valence electrons. The Morgan fingerprint density at radius 3 is 2.85 bits per heavy atom. The second-order valence-electron chi connectivity index (χ2n) is 4.22. The van der Waals surface area contributed by atoms with Gasteiger partial charge in [-0.05, 0) is 28.1 Å². The van der Waals surface area contributed by atoms with E-state index in [4.69, 9.17) is 5.73 Å². The Balaban J connectivity index is 2.11. The first-order valence-corrected chi connectivity index (χ1v) is 10.3. The number of hydrogen-bond acceptors (Lipinski definition) is 5. The molecule has 0 bridgehead atoms. The molecule has 0 spiro atoms. The molecule has 1 heterocycles. The van der Waals surface area contributed by atoms with Crippen molar-refractivity contribution in [1.29, 1.82) is 0 Å². The minimum absolute atomic E-state index is 0.0784. The van der Waals surface area contributed by atoms with Gasteiger partial charge in [0.2, 0.25) is 10.0 Å². The van der Waals surface area contributed by atoms with Gasteiger partial charge in [0.1, 0.15) is 10.7 Å². The SMILES string of the molecule is Nc1cc(F)c(Br)cc1S(=O)(=O)NCC1CSCCS1. The molecular weight excluding hydrogens is 387 g/mol. The summed E-state index contributed by atoms with van der Waals surface area (Å²) in [5, 5.41) is 0.258. The van der Waals surface area contributed by atoms with Crippen LogP contribution in [0.2, 0.25) is 0 Å². The molecule has 1 atom stereocenters. The lowest BCUT2D eigenvalue weighted by molar-refractivity contribution is 0.581. The fourth-order valence-electron chi connectivity index (χ4n) is 1.71. The highest BCUT2D eigenvalue weighted by Gasteiger charge is 2.22. The van der Waals surface area contributed by atoms with Crippen molar-refractivity contribution < 1.29 is 12.8 Å². The zero-order chi connectivity index (χ0) is 14.8. The summed E-state index contributed by atoms with van der Waals surface area (Å²) in [6.45, 7) is 0.356.